The Bertz CT molecular complexity index is 744. The Labute approximate surface area is 168 Å². The second-order valence-electron chi connectivity index (χ2n) is 8.27. The summed E-state index contributed by atoms with van der Waals surface area (Å²) >= 11 is 0. The lowest BCUT2D eigenvalue weighted by Gasteiger charge is -2.37. The third-order valence-corrected chi connectivity index (χ3v) is 5.69. The fraction of sp³-hybridized carbons (Fsp3) is 0.565. The van der Waals surface area contributed by atoms with Gasteiger partial charge in [0, 0.05) is 19.6 Å². The van der Waals surface area contributed by atoms with E-state index in [-0.39, 0.29) is 11.8 Å². The summed E-state index contributed by atoms with van der Waals surface area (Å²) in [7, 11) is 1.62. The predicted molar refractivity (Wildman–Crippen MR) is 111 cm³/mol. The molecule has 2 aliphatic heterocycles. The molecule has 1 fully saturated rings. The summed E-state index contributed by atoms with van der Waals surface area (Å²) in [5, 5.41) is 0. The number of methoxy groups -OCH3 is 1. The zero-order valence-electron chi connectivity index (χ0n) is 17.5. The SMILES string of the molecule is CCCCCN1C(=O)C(c2ccc(OC)cc2)=C(N2CC(C)CC(C)C2)C1=O. The maximum atomic E-state index is 13.3. The number of imide groups is 1. The number of likely N-dealkylation sites (tertiary alicyclic amines) is 1. The van der Waals surface area contributed by atoms with Gasteiger partial charge in [-0.3, -0.25) is 14.5 Å². The Kier molecular flexibility index (Phi) is 6.42. The topological polar surface area (TPSA) is 49.9 Å². The van der Waals surface area contributed by atoms with Gasteiger partial charge in [-0.25, -0.2) is 0 Å². The fourth-order valence-corrected chi connectivity index (χ4v) is 4.44. The van der Waals surface area contributed by atoms with E-state index in [0.717, 1.165) is 50.1 Å². The quantitative estimate of drug-likeness (QED) is 0.528. The lowest BCUT2D eigenvalue weighted by Crippen LogP contribution is -2.42. The highest BCUT2D eigenvalue weighted by molar-refractivity contribution is 6.35. The van der Waals surface area contributed by atoms with E-state index in [4.69, 9.17) is 4.74 Å². The summed E-state index contributed by atoms with van der Waals surface area (Å²) in [5.74, 6) is 1.46. The van der Waals surface area contributed by atoms with Crippen LogP contribution in [0, 0.1) is 11.8 Å². The van der Waals surface area contributed by atoms with Crippen molar-refractivity contribution in [3.63, 3.8) is 0 Å². The number of unbranched alkanes of at least 4 members (excludes halogenated alkanes) is 2. The van der Waals surface area contributed by atoms with E-state index in [0.29, 0.717) is 29.7 Å². The van der Waals surface area contributed by atoms with Crippen LogP contribution in [0.5, 0.6) is 5.75 Å². The minimum atomic E-state index is -0.160. The van der Waals surface area contributed by atoms with Gasteiger partial charge in [0.2, 0.25) is 0 Å². The number of nitrogens with zero attached hydrogens (tertiary/aromatic N) is 2. The largest absolute Gasteiger partial charge is 0.497 e. The van der Waals surface area contributed by atoms with Crippen LogP contribution >= 0.6 is 0 Å². The summed E-state index contributed by atoms with van der Waals surface area (Å²) in [6.07, 6.45) is 4.08. The molecule has 2 heterocycles. The number of carbonyl (C=O) groups is 2. The molecule has 2 unspecified atom stereocenters. The zero-order chi connectivity index (χ0) is 20.3. The number of carbonyl (C=O) groups excluding carboxylic acids is 2. The normalized spacial score (nSPS) is 23.0. The molecule has 0 aliphatic carbocycles. The third-order valence-electron chi connectivity index (χ3n) is 5.69. The van der Waals surface area contributed by atoms with Crippen LogP contribution in [0.4, 0.5) is 0 Å². The van der Waals surface area contributed by atoms with Crippen molar-refractivity contribution in [1.29, 1.82) is 0 Å². The molecule has 2 amide bonds. The van der Waals surface area contributed by atoms with Gasteiger partial charge in [0.15, 0.2) is 0 Å². The predicted octanol–water partition coefficient (Wildman–Crippen LogP) is 3.94. The minimum absolute atomic E-state index is 0.131. The molecule has 0 bridgehead atoms. The van der Waals surface area contributed by atoms with Crippen LogP contribution in [0.3, 0.4) is 0 Å². The molecule has 0 spiro atoms. The maximum Gasteiger partial charge on any atom is 0.277 e. The molecular weight excluding hydrogens is 352 g/mol. The molecule has 2 aliphatic rings. The van der Waals surface area contributed by atoms with Crippen molar-refractivity contribution >= 4 is 17.4 Å². The highest BCUT2D eigenvalue weighted by Crippen LogP contribution is 2.35. The standard InChI is InChI=1S/C23H32N2O3/c1-5-6-7-12-25-22(26)20(18-8-10-19(28-4)11-9-18)21(23(25)27)24-14-16(2)13-17(3)15-24/h8-11,16-17H,5-7,12-15H2,1-4H3. The van der Waals surface area contributed by atoms with E-state index in [1.54, 1.807) is 7.11 Å². The molecule has 3 rings (SSSR count). The van der Waals surface area contributed by atoms with Gasteiger partial charge in [0.05, 0.1) is 12.7 Å². The molecule has 28 heavy (non-hydrogen) atoms. The first-order valence-corrected chi connectivity index (χ1v) is 10.5. The molecule has 1 aromatic carbocycles. The molecule has 5 nitrogen and oxygen atoms in total. The van der Waals surface area contributed by atoms with Crippen LogP contribution in [0.15, 0.2) is 30.0 Å². The molecular formula is C23H32N2O3. The van der Waals surface area contributed by atoms with E-state index in [1.165, 1.54) is 4.90 Å². The van der Waals surface area contributed by atoms with Crippen molar-refractivity contribution in [1.82, 2.24) is 9.80 Å². The lowest BCUT2D eigenvalue weighted by molar-refractivity contribution is -0.137. The monoisotopic (exact) mass is 384 g/mol. The van der Waals surface area contributed by atoms with E-state index in [2.05, 4.69) is 25.7 Å². The Balaban J connectivity index is 1.99. The molecule has 0 aromatic heterocycles. The van der Waals surface area contributed by atoms with Crippen molar-refractivity contribution in [2.45, 2.75) is 46.5 Å². The number of benzene rings is 1. The van der Waals surface area contributed by atoms with Crippen LogP contribution in [0.25, 0.3) is 5.57 Å². The summed E-state index contributed by atoms with van der Waals surface area (Å²) < 4.78 is 5.25. The molecule has 1 aromatic rings. The number of ether oxygens (including phenoxy) is 1. The maximum absolute atomic E-state index is 13.3. The van der Waals surface area contributed by atoms with Crippen molar-refractivity contribution in [3.05, 3.63) is 35.5 Å². The number of rotatable bonds is 7. The zero-order valence-corrected chi connectivity index (χ0v) is 17.5. The van der Waals surface area contributed by atoms with Crippen LogP contribution in [0.2, 0.25) is 0 Å². The van der Waals surface area contributed by atoms with Gasteiger partial charge in [-0.2, -0.15) is 0 Å². The van der Waals surface area contributed by atoms with Gasteiger partial charge in [-0.1, -0.05) is 45.7 Å². The molecule has 152 valence electrons. The molecule has 0 N–H and O–H groups in total. The van der Waals surface area contributed by atoms with Crippen LogP contribution < -0.4 is 4.74 Å². The van der Waals surface area contributed by atoms with E-state index in [9.17, 15) is 9.59 Å². The van der Waals surface area contributed by atoms with Gasteiger partial charge in [0.1, 0.15) is 11.4 Å². The van der Waals surface area contributed by atoms with E-state index >= 15 is 0 Å². The average Bonchev–Trinajstić information content (AvgIpc) is 2.92. The van der Waals surface area contributed by atoms with Crippen LogP contribution in [-0.4, -0.2) is 48.4 Å². The number of hydrogen-bond donors (Lipinski definition) is 0. The molecule has 0 saturated carbocycles. The Morgan fingerprint density at radius 3 is 2.21 bits per heavy atom. The number of amides is 2. The number of piperidine rings is 1. The van der Waals surface area contributed by atoms with Gasteiger partial charge in [0.25, 0.3) is 11.8 Å². The highest BCUT2D eigenvalue weighted by atomic mass is 16.5. The van der Waals surface area contributed by atoms with Crippen molar-refractivity contribution in [2.24, 2.45) is 11.8 Å². The Hall–Kier alpha value is -2.30. The summed E-state index contributed by atoms with van der Waals surface area (Å²) in [6, 6.07) is 7.45. The van der Waals surface area contributed by atoms with Gasteiger partial charge < -0.3 is 9.64 Å². The number of hydrogen-bond acceptors (Lipinski definition) is 4. The Morgan fingerprint density at radius 1 is 1.00 bits per heavy atom. The van der Waals surface area contributed by atoms with Crippen molar-refractivity contribution < 1.29 is 14.3 Å². The van der Waals surface area contributed by atoms with Crippen LogP contribution in [-0.2, 0) is 9.59 Å². The fourth-order valence-electron chi connectivity index (χ4n) is 4.44. The summed E-state index contributed by atoms with van der Waals surface area (Å²) in [4.78, 5) is 30.2. The Morgan fingerprint density at radius 2 is 1.64 bits per heavy atom. The van der Waals surface area contributed by atoms with Crippen molar-refractivity contribution in [2.75, 3.05) is 26.7 Å². The van der Waals surface area contributed by atoms with Gasteiger partial charge in [-0.15, -0.1) is 0 Å². The molecule has 5 heteroatoms. The first kappa shape index (κ1) is 20.4. The van der Waals surface area contributed by atoms with Crippen molar-refractivity contribution in [3.8, 4) is 5.75 Å². The molecule has 1 saturated heterocycles. The molecule has 2 atom stereocenters. The second-order valence-corrected chi connectivity index (χ2v) is 8.27. The smallest absolute Gasteiger partial charge is 0.277 e. The summed E-state index contributed by atoms with van der Waals surface area (Å²) in [5.41, 5.74) is 1.92. The summed E-state index contributed by atoms with van der Waals surface area (Å²) in [6.45, 7) is 8.69. The average molecular weight is 385 g/mol. The third kappa shape index (κ3) is 4.08. The van der Waals surface area contributed by atoms with E-state index < -0.39 is 0 Å². The van der Waals surface area contributed by atoms with Gasteiger partial charge >= 0.3 is 0 Å². The second kappa shape index (κ2) is 8.80. The van der Waals surface area contributed by atoms with Crippen LogP contribution in [0.1, 0.15) is 52.0 Å². The molecule has 0 radical (unpaired) electrons. The van der Waals surface area contributed by atoms with E-state index in [1.807, 2.05) is 24.3 Å². The lowest BCUT2D eigenvalue weighted by atomic mass is 9.91. The van der Waals surface area contributed by atoms with Gasteiger partial charge in [-0.05, 0) is 42.4 Å². The highest BCUT2D eigenvalue weighted by Gasteiger charge is 2.42. The first-order chi connectivity index (χ1) is 13.5. The minimum Gasteiger partial charge on any atom is -0.497 e. The first-order valence-electron chi connectivity index (χ1n) is 10.5.